The minimum Gasteiger partial charge on any atom is -0.382 e. The summed E-state index contributed by atoms with van der Waals surface area (Å²) in [6, 6.07) is 13.9. The zero-order valence-corrected chi connectivity index (χ0v) is 23.3. The Labute approximate surface area is 229 Å². The Morgan fingerprint density at radius 3 is 2.49 bits per heavy atom. The van der Waals surface area contributed by atoms with Crippen LogP contribution in [0.3, 0.4) is 0 Å². The van der Waals surface area contributed by atoms with Crippen LogP contribution in [0, 0.1) is 0 Å². The number of anilines is 2. The van der Waals surface area contributed by atoms with Crippen LogP contribution in [-0.4, -0.2) is 61.5 Å². The molecule has 208 valence electrons. The van der Waals surface area contributed by atoms with Crippen molar-refractivity contribution < 1.29 is 21.6 Å². The smallest absolute Gasteiger partial charge is 0.382 e. The van der Waals surface area contributed by atoms with Gasteiger partial charge in [0.1, 0.15) is 11.6 Å². The number of rotatable bonds is 8. The van der Waals surface area contributed by atoms with Gasteiger partial charge in [-0.15, -0.1) is 11.3 Å². The topological polar surface area (TPSA) is 79.3 Å². The van der Waals surface area contributed by atoms with E-state index in [1.807, 2.05) is 6.07 Å². The third-order valence-electron chi connectivity index (χ3n) is 6.88. The number of sulfone groups is 1. The van der Waals surface area contributed by atoms with Gasteiger partial charge in [0.05, 0.1) is 22.7 Å². The van der Waals surface area contributed by atoms with E-state index in [4.69, 9.17) is 0 Å². The molecule has 0 bridgehead atoms. The summed E-state index contributed by atoms with van der Waals surface area (Å²) in [6.07, 6.45) is 0.370. The number of fused-ring (bicyclic) bond motifs is 1. The maximum Gasteiger partial charge on any atom is 0.406 e. The second kappa shape index (κ2) is 10.8. The molecule has 0 atom stereocenters. The molecule has 1 aliphatic rings. The Morgan fingerprint density at radius 2 is 1.82 bits per heavy atom. The average molecular weight is 578 g/mol. The van der Waals surface area contributed by atoms with Crippen molar-refractivity contribution in [2.24, 2.45) is 0 Å². The molecule has 0 spiro atoms. The molecular formula is C27H30F3N5O2S2. The Morgan fingerprint density at radius 1 is 1.10 bits per heavy atom. The van der Waals surface area contributed by atoms with Gasteiger partial charge < -0.3 is 20.1 Å². The summed E-state index contributed by atoms with van der Waals surface area (Å²) in [7, 11) is -1.19. The summed E-state index contributed by atoms with van der Waals surface area (Å²) in [5.74, 6) is 0. The zero-order valence-electron chi connectivity index (χ0n) is 21.6. The van der Waals surface area contributed by atoms with Crippen LogP contribution in [0.1, 0.15) is 17.7 Å². The first-order valence-corrected chi connectivity index (χ1v) is 15.3. The predicted octanol–water partition coefficient (Wildman–Crippen LogP) is 5.85. The molecule has 0 saturated carbocycles. The second-order valence-electron chi connectivity index (χ2n) is 9.97. The first-order valence-electron chi connectivity index (χ1n) is 12.6. The normalized spacial score (nSPS) is 15.6. The van der Waals surface area contributed by atoms with E-state index in [1.165, 1.54) is 28.0 Å². The van der Waals surface area contributed by atoms with Crippen molar-refractivity contribution in [3.05, 3.63) is 59.6 Å². The van der Waals surface area contributed by atoms with Gasteiger partial charge in [-0.25, -0.2) is 13.4 Å². The summed E-state index contributed by atoms with van der Waals surface area (Å²) in [5.41, 5.74) is 2.50. The minimum atomic E-state index is -4.39. The number of hydrogen-bond acceptors (Lipinski definition) is 7. The molecule has 4 aromatic rings. The molecular weight excluding hydrogens is 547 g/mol. The number of nitrogens with one attached hydrogen (secondary N) is 2. The van der Waals surface area contributed by atoms with Gasteiger partial charge >= 0.3 is 6.18 Å². The lowest BCUT2D eigenvalue weighted by molar-refractivity contribution is -0.139. The monoisotopic (exact) mass is 577 g/mol. The molecule has 1 fully saturated rings. The molecule has 1 saturated heterocycles. The molecule has 2 aromatic carbocycles. The van der Waals surface area contributed by atoms with Crippen LogP contribution >= 0.6 is 11.3 Å². The summed E-state index contributed by atoms with van der Waals surface area (Å²) in [6.45, 7) is 1.25. The Bertz CT molecular complexity index is 1550. The third kappa shape index (κ3) is 6.56. The van der Waals surface area contributed by atoms with E-state index in [9.17, 15) is 21.6 Å². The fraction of sp³-hybridized carbons (Fsp3) is 0.370. The van der Waals surface area contributed by atoms with Crippen molar-refractivity contribution in [3.63, 3.8) is 0 Å². The maximum atomic E-state index is 13.7. The first-order chi connectivity index (χ1) is 18.5. The Balaban J connectivity index is 1.41. The van der Waals surface area contributed by atoms with Crippen LogP contribution in [0.5, 0.6) is 0 Å². The lowest BCUT2D eigenvalue weighted by Gasteiger charge is -2.30. The highest BCUT2D eigenvalue weighted by Crippen LogP contribution is 2.37. The van der Waals surface area contributed by atoms with E-state index in [2.05, 4.69) is 27.6 Å². The lowest BCUT2D eigenvalue weighted by Crippen LogP contribution is -2.36. The molecule has 12 heteroatoms. The van der Waals surface area contributed by atoms with E-state index >= 15 is 0 Å². The second-order valence-corrected chi connectivity index (χ2v) is 13.1. The molecule has 7 nitrogen and oxygen atoms in total. The first kappa shape index (κ1) is 27.5. The van der Waals surface area contributed by atoms with Crippen molar-refractivity contribution in [1.82, 2.24) is 14.5 Å². The van der Waals surface area contributed by atoms with Gasteiger partial charge in [-0.3, -0.25) is 0 Å². The SMILES string of the molecule is CN1CCC(Nc2cccc3c2cc(-c2ncc(CNc4ccc(S(C)(=O)=O)cc4)s2)n3CC(F)(F)F)CC1. The van der Waals surface area contributed by atoms with Crippen LogP contribution < -0.4 is 10.6 Å². The minimum absolute atomic E-state index is 0.232. The van der Waals surface area contributed by atoms with Gasteiger partial charge in [0.2, 0.25) is 0 Å². The quantitative estimate of drug-likeness (QED) is 0.274. The zero-order chi connectivity index (χ0) is 27.8. The molecule has 3 heterocycles. The molecule has 39 heavy (non-hydrogen) atoms. The molecule has 0 unspecified atom stereocenters. The highest BCUT2D eigenvalue weighted by Gasteiger charge is 2.31. The summed E-state index contributed by atoms with van der Waals surface area (Å²) >= 11 is 1.33. The Kier molecular flexibility index (Phi) is 7.62. The van der Waals surface area contributed by atoms with Crippen molar-refractivity contribution in [1.29, 1.82) is 0 Å². The van der Waals surface area contributed by atoms with Crippen LogP contribution in [-0.2, 0) is 22.9 Å². The highest BCUT2D eigenvalue weighted by atomic mass is 32.2. The molecule has 5 rings (SSSR count). The number of thiazole rings is 1. The van der Waals surface area contributed by atoms with Crippen LogP contribution in [0.15, 0.2) is 59.6 Å². The number of piperidine rings is 1. The number of aromatic nitrogens is 2. The fourth-order valence-corrected chi connectivity index (χ4v) is 6.33. The molecule has 2 N–H and O–H groups in total. The lowest BCUT2D eigenvalue weighted by atomic mass is 10.0. The van der Waals surface area contributed by atoms with E-state index in [0.29, 0.717) is 22.8 Å². The van der Waals surface area contributed by atoms with Crippen LogP contribution in [0.25, 0.3) is 21.6 Å². The molecule has 1 aliphatic heterocycles. The fourth-order valence-electron chi connectivity index (χ4n) is 4.83. The van der Waals surface area contributed by atoms with Gasteiger partial charge in [-0.1, -0.05) is 6.07 Å². The molecule has 2 aromatic heterocycles. The van der Waals surface area contributed by atoms with Crippen LogP contribution in [0.4, 0.5) is 24.5 Å². The van der Waals surface area contributed by atoms with Crippen molar-refractivity contribution in [3.8, 4) is 10.7 Å². The number of benzene rings is 2. The maximum absolute atomic E-state index is 13.7. The predicted molar refractivity (Wildman–Crippen MR) is 150 cm³/mol. The standard InChI is InChI=1S/C27H30F3N5O2S2/c1-34-12-10-19(11-13-34)33-23-4-3-5-24-22(23)14-25(35(24)17-27(28,29)30)26-32-16-20(38-26)15-31-18-6-8-21(9-7-18)39(2,36)37/h3-9,14,16,19,31,33H,10-13,15,17H2,1-2H3. The number of nitrogens with zero attached hydrogens (tertiary/aromatic N) is 3. The Hall–Kier alpha value is -3.09. The van der Waals surface area contributed by atoms with Gasteiger partial charge in [-0.05, 0) is 75.4 Å². The van der Waals surface area contributed by atoms with E-state index < -0.39 is 22.6 Å². The third-order valence-corrected chi connectivity index (χ3v) is 9.03. The van der Waals surface area contributed by atoms with Gasteiger partial charge in [0.15, 0.2) is 9.84 Å². The van der Waals surface area contributed by atoms with Gasteiger partial charge in [0.25, 0.3) is 0 Å². The van der Waals surface area contributed by atoms with Gasteiger partial charge in [0, 0.05) is 40.1 Å². The van der Waals surface area contributed by atoms with Crippen molar-refractivity contribution >= 4 is 43.5 Å². The van der Waals surface area contributed by atoms with Crippen LogP contribution in [0.2, 0.25) is 0 Å². The van der Waals surface area contributed by atoms with E-state index in [1.54, 1.807) is 36.5 Å². The van der Waals surface area contributed by atoms with Gasteiger partial charge in [-0.2, -0.15) is 13.2 Å². The molecule has 0 radical (unpaired) electrons. The van der Waals surface area contributed by atoms with E-state index in [-0.39, 0.29) is 10.9 Å². The van der Waals surface area contributed by atoms with Crippen molar-refractivity contribution in [2.75, 3.05) is 37.0 Å². The largest absolute Gasteiger partial charge is 0.406 e. The highest BCUT2D eigenvalue weighted by molar-refractivity contribution is 7.90. The number of hydrogen-bond donors (Lipinski definition) is 2. The van der Waals surface area contributed by atoms with Crippen molar-refractivity contribution in [2.45, 2.75) is 43.0 Å². The summed E-state index contributed by atoms with van der Waals surface area (Å²) < 4.78 is 65.6. The van der Waals surface area contributed by atoms with E-state index in [0.717, 1.165) is 53.8 Å². The number of alkyl halides is 3. The summed E-state index contributed by atoms with van der Waals surface area (Å²) in [4.78, 5) is 7.81. The molecule has 0 aliphatic carbocycles. The molecule has 0 amide bonds. The number of likely N-dealkylation sites (tertiary alicyclic amines) is 1. The summed E-state index contributed by atoms with van der Waals surface area (Å²) in [5, 5.41) is 8.04. The average Bonchev–Trinajstić information content (AvgIpc) is 3.48. The number of halogens is 3.